The molecule has 1 fully saturated rings. The van der Waals surface area contributed by atoms with Crippen LogP contribution in [0.5, 0.6) is 0 Å². The molecule has 1 aromatic rings. The molecule has 2 rings (SSSR count). The van der Waals surface area contributed by atoms with Crippen LogP contribution in [0, 0.1) is 11.8 Å². The third-order valence-electron chi connectivity index (χ3n) is 3.54. The van der Waals surface area contributed by atoms with E-state index in [9.17, 15) is 4.79 Å². The second kappa shape index (κ2) is 5.82. The zero-order chi connectivity index (χ0) is 12.1. The van der Waals surface area contributed by atoms with E-state index < -0.39 is 5.97 Å². The molecule has 1 aromatic carbocycles. The Morgan fingerprint density at radius 2 is 2.06 bits per heavy atom. The minimum atomic E-state index is -0.671. The van der Waals surface area contributed by atoms with Crippen LogP contribution in [0.1, 0.15) is 18.4 Å². The summed E-state index contributed by atoms with van der Waals surface area (Å²) < 4.78 is 0. The summed E-state index contributed by atoms with van der Waals surface area (Å²) in [5.41, 5.74) is 1.30. The van der Waals surface area contributed by atoms with Gasteiger partial charge in [0, 0.05) is 6.42 Å². The Hall–Kier alpha value is -1.35. The molecule has 1 aliphatic rings. The molecule has 0 aliphatic carbocycles. The van der Waals surface area contributed by atoms with Crippen molar-refractivity contribution in [3.63, 3.8) is 0 Å². The van der Waals surface area contributed by atoms with Crippen molar-refractivity contribution in [1.82, 2.24) is 5.32 Å². The van der Waals surface area contributed by atoms with Gasteiger partial charge in [0.1, 0.15) is 0 Å². The molecular formula is C14H19NO2. The van der Waals surface area contributed by atoms with Crippen molar-refractivity contribution in [3.05, 3.63) is 35.9 Å². The van der Waals surface area contributed by atoms with E-state index in [0.717, 1.165) is 25.9 Å². The summed E-state index contributed by atoms with van der Waals surface area (Å²) >= 11 is 0. The van der Waals surface area contributed by atoms with Crippen molar-refractivity contribution in [2.45, 2.75) is 19.3 Å². The van der Waals surface area contributed by atoms with Crippen LogP contribution in [0.15, 0.2) is 30.3 Å². The fourth-order valence-corrected chi connectivity index (χ4v) is 2.63. The van der Waals surface area contributed by atoms with Gasteiger partial charge in [-0.3, -0.25) is 4.79 Å². The van der Waals surface area contributed by atoms with Crippen LogP contribution in [0.25, 0.3) is 0 Å². The lowest BCUT2D eigenvalue weighted by Gasteiger charge is -2.31. The van der Waals surface area contributed by atoms with Gasteiger partial charge in [-0.1, -0.05) is 30.3 Å². The number of nitrogens with one attached hydrogen (secondary N) is 1. The molecule has 0 aromatic heterocycles. The fourth-order valence-electron chi connectivity index (χ4n) is 2.63. The molecule has 0 amide bonds. The Kier molecular flexibility index (Phi) is 4.15. The Balaban J connectivity index is 1.99. The zero-order valence-corrected chi connectivity index (χ0v) is 9.93. The van der Waals surface area contributed by atoms with E-state index in [-0.39, 0.29) is 0 Å². The first kappa shape index (κ1) is 12.1. The number of carbonyl (C=O) groups is 1. The summed E-state index contributed by atoms with van der Waals surface area (Å²) in [6.07, 6.45) is 2.26. The number of carboxylic acids is 1. The lowest BCUT2D eigenvalue weighted by Crippen LogP contribution is -2.38. The maximum absolute atomic E-state index is 10.8. The normalized spacial score (nSPS) is 24.5. The van der Waals surface area contributed by atoms with Gasteiger partial charge in [0.2, 0.25) is 0 Å². The summed E-state index contributed by atoms with van der Waals surface area (Å²) in [6.45, 7) is 1.88. The standard InChI is InChI=1S/C14H19NO2/c16-14(17)9-12-6-7-15-10-13(12)8-11-4-2-1-3-5-11/h1-5,12-13,15H,6-10H2,(H,16,17). The first-order valence-corrected chi connectivity index (χ1v) is 6.22. The van der Waals surface area contributed by atoms with Gasteiger partial charge in [-0.2, -0.15) is 0 Å². The Morgan fingerprint density at radius 1 is 1.29 bits per heavy atom. The maximum Gasteiger partial charge on any atom is 0.303 e. The molecule has 0 spiro atoms. The molecule has 1 saturated heterocycles. The lowest BCUT2D eigenvalue weighted by atomic mass is 9.80. The van der Waals surface area contributed by atoms with Crippen molar-refractivity contribution in [2.75, 3.05) is 13.1 Å². The SMILES string of the molecule is O=C(O)CC1CCNCC1Cc1ccccc1. The highest BCUT2D eigenvalue weighted by Crippen LogP contribution is 2.26. The Labute approximate surface area is 102 Å². The van der Waals surface area contributed by atoms with Gasteiger partial charge in [-0.05, 0) is 43.3 Å². The van der Waals surface area contributed by atoms with Crippen molar-refractivity contribution in [3.8, 4) is 0 Å². The Bertz CT molecular complexity index is 364. The first-order valence-electron chi connectivity index (χ1n) is 6.22. The van der Waals surface area contributed by atoms with Gasteiger partial charge in [-0.15, -0.1) is 0 Å². The number of benzene rings is 1. The van der Waals surface area contributed by atoms with Crippen LogP contribution in [-0.2, 0) is 11.2 Å². The summed E-state index contributed by atoms with van der Waals surface area (Å²) in [5.74, 6) is 0.0890. The van der Waals surface area contributed by atoms with Gasteiger partial charge < -0.3 is 10.4 Å². The second-order valence-corrected chi connectivity index (χ2v) is 4.80. The van der Waals surface area contributed by atoms with Crippen molar-refractivity contribution >= 4 is 5.97 Å². The third kappa shape index (κ3) is 3.56. The van der Waals surface area contributed by atoms with Gasteiger partial charge in [0.05, 0.1) is 0 Å². The minimum Gasteiger partial charge on any atom is -0.481 e. The lowest BCUT2D eigenvalue weighted by molar-refractivity contribution is -0.138. The average Bonchev–Trinajstić information content (AvgIpc) is 2.32. The smallest absolute Gasteiger partial charge is 0.303 e. The molecule has 0 bridgehead atoms. The monoisotopic (exact) mass is 233 g/mol. The highest BCUT2D eigenvalue weighted by atomic mass is 16.4. The van der Waals surface area contributed by atoms with Crippen LogP contribution < -0.4 is 5.32 Å². The molecule has 0 saturated carbocycles. The van der Waals surface area contributed by atoms with Gasteiger partial charge in [0.25, 0.3) is 0 Å². The molecule has 0 radical (unpaired) electrons. The van der Waals surface area contributed by atoms with Crippen LogP contribution >= 0.6 is 0 Å². The van der Waals surface area contributed by atoms with E-state index in [1.165, 1.54) is 5.56 Å². The van der Waals surface area contributed by atoms with Crippen LogP contribution in [0.4, 0.5) is 0 Å². The zero-order valence-electron chi connectivity index (χ0n) is 9.93. The molecule has 2 atom stereocenters. The predicted octanol–water partition coefficient (Wildman–Crippen LogP) is 1.93. The van der Waals surface area contributed by atoms with Crippen LogP contribution in [-0.4, -0.2) is 24.2 Å². The number of hydrogen-bond acceptors (Lipinski definition) is 2. The molecular weight excluding hydrogens is 214 g/mol. The van der Waals surface area contributed by atoms with E-state index in [1.807, 2.05) is 18.2 Å². The number of hydrogen-bond donors (Lipinski definition) is 2. The molecule has 1 aliphatic heterocycles. The number of carboxylic acid groups (broad SMARTS) is 1. The average molecular weight is 233 g/mol. The summed E-state index contributed by atoms with van der Waals surface area (Å²) in [4.78, 5) is 10.8. The molecule has 2 N–H and O–H groups in total. The quantitative estimate of drug-likeness (QED) is 0.835. The summed E-state index contributed by atoms with van der Waals surface area (Å²) in [6, 6.07) is 10.3. The first-order chi connectivity index (χ1) is 8.25. The van der Waals surface area contributed by atoms with Gasteiger partial charge in [-0.25, -0.2) is 0 Å². The van der Waals surface area contributed by atoms with Crippen LogP contribution in [0.2, 0.25) is 0 Å². The maximum atomic E-state index is 10.8. The number of piperidine rings is 1. The number of aliphatic carboxylic acids is 1. The van der Waals surface area contributed by atoms with Gasteiger partial charge in [0.15, 0.2) is 0 Å². The Morgan fingerprint density at radius 3 is 2.76 bits per heavy atom. The molecule has 92 valence electrons. The minimum absolute atomic E-state index is 0.305. The third-order valence-corrected chi connectivity index (χ3v) is 3.54. The van der Waals surface area contributed by atoms with E-state index >= 15 is 0 Å². The highest BCUT2D eigenvalue weighted by molar-refractivity contribution is 5.67. The highest BCUT2D eigenvalue weighted by Gasteiger charge is 2.26. The molecule has 17 heavy (non-hydrogen) atoms. The molecule has 3 heteroatoms. The summed E-state index contributed by atoms with van der Waals surface area (Å²) in [7, 11) is 0. The van der Waals surface area contributed by atoms with Gasteiger partial charge >= 0.3 is 5.97 Å². The van der Waals surface area contributed by atoms with Crippen LogP contribution in [0.3, 0.4) is 0 Å². The largest absolute Gasteiger partial charge is 0.481 e. The number of rotatable bonds is 4. The van der Waals surface area contributed by atoms with Crippen molar-refractivity contribution in [1.29, 1.82) is 0 Å². The van der Waals surface area contributed by atoms with Crippen molar-refractivity contribution < 1.29 is 9.90 Å². The van der Waals surface area contributed by atoms with E-state index in [2.05, 4.69) is 17.4 Å². The summed E-state index contributed by atoms with van der Waals surface area (Å²) in [5, 5.41) is 12.3. The fraction of sp³-hybridized carbons (Fsp3) is 0.500. The van der Waals surface area contributed by atoms with Crippen molar-refractivity contribution in [2.24, 2.45) is 11.8 Å². The van der Waals surface area contributed by atoms with E-state index in [1.54, 1.807) is 0 Å². The predicted molar refractivity (Wildman–Crippen MR) is 66.9 cm³/mol. The van der Waals surface area contributed by atoms with E-state index in [0.29, 0.717) is 18.3 Å². The molecule has 3 nitrogen and oxygen atoms in total. The second-order valence-electron chi connectivity index (χ2n) is 4.80. The van der Waals surface area contributed by atoms with E-state index in [4.69, 9.17) is 5.11 Å². The topological polar surface area (TPSA) is 49.3 Å². The molecule has 2 unspecified atom stereocenters. The molecule has 1 heterocycles.